The Kier molecular flexibility index (Phi) is 10.4. The molecule has 3 fully saturated rings. The summed E-state index contributed by atoms with van der Waals surface area (Å²) in [5.74, 6) is -1.37. The van der Waals surface area contributed by atoms with Gasteiger partial charge in [0.15, 0.2) is 0 Å². The van der Waals surface area contributed by atoms with E-state index in [1.807, 2.05) is 27.7 Å². The summed E-state index contributed by atoms with van der Waals surface area (Å²) in [5.41, 5.74) is -0.194. The zero-order chi connectivity index (χ0) is 29.8. The normalized spacial score (nSPS) is 25.4. The Morgan fingerprint density at radius 2 is 1.73 bits per heavy atom. The molecule has 3 rings (SSSR count). The van der Waals surface area contributed by atoms with Gasteiger partial charge in [-0.25, -0.2) is 0 Å². The molecule has 40 heavy (non-hydrogen) atoms. The van der Waals surface area contributed by atoms with Crippen LogP contribution in [0.5, 0.6) is 0 Å². The third-order valence-corrected chi connectivity index (χ3v) is 9.44. The number of carbonyl (C=O) groups is 5. The van der Waals surface area contributed by atoms with Crippen molar-refractivity contribution >= 4 is 29.3 Å². The SMILES string of the molecule is C=CCCC(NC(=O)[C@@H]1[C@@H]2[C@H](CN1C(=O)[C@@H](C)C1CCCCC1)C2(C)C)C(=O)C(=O)NCCC(=O)CC(C)(C)C. The predicted molar refractivity (Wildman–Crippen MR) is 155 cm³/mol. The number of likely N-dealkylation sites (tertiary alicyclic amines) is 1. The maximum atomic E-state index is 13.8. The van der Waals surface area contributed by atoms with Crippen LogP contribution in [-0.2, 0) is 24.0 Å². The number of rotatable bonds is 13. The Morgan fingerprint density at radius 3 is 2.33 bits per heavy atom. The fourth-order valence-electron chi connectivity index (χ4n) is 6.96. The lowest BCUT2D eigenvalue weighted by molar-refractivity contribution is -0.146. The highest BCUT2D eigenvalue weighted by atomic mass is 16.2. The van der Waals surface area contributed by atoms with Crippen LogP contribution in [0.3, 0.4) is 0 Å². The Bertz CT molecular complexity index is 991. The molecule has 8 heteroatoms. The summed E-state index contributed by atoms with van der Waals surface area (Å²) in [5, 5.41) is 5.40. The Hall–Kier alpha value is -2.51. The molecule has 1 heterocycles. The first kappa shape index (κ1) is 32.0. The number of carbonyl (C=O) groups excluding carboxylic acids is 5. The molecule has 8 nitrogen and oxygen atoms in total. The van der Waals surface area contributed by atoms with Gasteiger partial charge in [-0.3, -0.25) is 24.0 Å². The zero-order valence-corrected chi connectivity index (χ0v) is 25.5. The second kappa shape index (κ2) is 13.0. The van der Waals surface area contributed by atoms with Crippen molar-refractivity contribution in [3.05, 3.63) is 12.7 Å². The highest BCUT2D eigenvalue weighted by Crippen LogP contribution is 2.65. The number of fused-ring (bicyclic) bond motifs is 1. The predicted octanol–water partition coefficient (Wildman–Crippen LogP) is 4.22. The van der Waals surface area contributed by atoms with Gasteiger partial charge < -0.3 is 15.5 Å². The minimum Gasteiger partial charge on any atom is -0.349 e. The van der Waals surface area contributed by atoms with E-state index in [1.165, 1.54) is 6.42 Å². The first-order valence-electron chi connectivity index (χ1n) is 15.2. The minimum absolute atomic E-state index is 0.0202. The van der Waals surface area contributed by atoms with E-state index >= 15 is 0 Å². The quantitative estimate of drug-likeness (QED) is 0.260. The molecule has 0 spiro atoms. The van der Waals surface area contributed by atoms with Crippen molar-refractivity contribution in [1.82, 2.24) is 15.5 Å². The van der Waals surface area contributed by atoms with Gasteiger partial charge in [-0.05, 0) is 54.3 Å². The number of amides is 3. The van der Waals surface area contributed by atoms with Crippen LogP contribution in [0.1, 0.15) is 99.3 Å². The van der Waals surface area contributed by atoms with E-state index in [2.05, 4.69) is 31.1 Å². The maximum Gasteiger partial charge on any atom is 0.289 e. The molecule has 0 aromatic rings. The van der Waals surface area contributed by atoms with Crippen LogP contribution in [0.2, 0.25) is 0 Å². The van der Waals surface area contributed by atoms with Crippen LogP contribution in [0.15, 0.2) is 12.7 Å². The molecule has 1 saturated heterocycles. The lowest BCUT2D eigenvalue weighted by atomic mass is 9.80. The second-order valence-corrected chi connectivity index (χ2v) is 14.1. The molecule has 1 unspecified atom stereocenters. The highest BCUT2D eigenvalue weighted by Gasteiger charge is 2.69. The number of allylic oxidation sites excluding steroid dienone is 1. The van der Waals surface area contributed by atoms with Crippen LogP contribution in [0.25, 0.3) is 0 Å². The van der Waals surface area contributed by atoms with Crippen molar-refractivity contribution in [3.63, 3.8) is 0 Å². The lowest BCUT2D eigenvalue weighted by Gasteiger charge is -2.35. The lowest BCUT2D eigenvalue weighted by Crippen LogP contribution is -2.56. The molecule has 0 bridgehead atoms. The molecule has 3 amide bonds. The largest absolute Gasteiger partial charge is 0.349 e. The van der Waals surface area contributed by atoms with E-state index in [4.69, 9.17) is 0 Å². The standard InChI is InChI=1S/C32H51N3O5/c1-8-9-15-24(27(37)29(39)33-17-16-22(36)18-31(3,4)5)34-28(38)26-25-23(32(25,6)7)19-35(26)30(40)20(2)21-13-11-10-12-14-21/h8,20-21,23-26H,1,9-19H2,2-7H3,(H,33,39)(H,34,38)/t20-,23-,24?,25-,26-/m0/s1. The van der Waals surface area contributed by atoms with Crippen LogP contribution >= 0.6 is 0 Å². The fourth-order valence-corrected chi connectivity index (χ4v) is 6.96. The van der Waals surface area contributed by atoms with E-state index in [0.717, 1.165) is 25.7 Å². The summed E-state index contributed by atoms with van der Waals surface area (Å²) in [6.45, 7) is 16.5. The number of nitrogens with one attached hydrogen (secondary N) is 2. The monoisotopic (exact) mass is 557 g/mol. The van der Waals surface area contributed by atoms with Crippen molar-refractivity contribution < 1.29 is 24.0 Å². The van der Waals surface area contributed by atoms with Crippen LogP contribution < -0.4 is 10.6 Å². The Balaban J connectivity index is 1.66. The van der Waals surface area contributed by atoms with Gasteiger partial charge in [-0.1, -0.05) is 66.9 Å². The molecule has 1 aliphatic heterocycles. The van der Waals surface area contributed by atoms with E-state index in [9.17, 15) is 24.0 Å². The van der Waals surface area contributed by atoms with E-state index in [1.54, 1.807) is 11.0 Å². The van der Waals surface area contributed by atoms with Crippen molar-refractivity contribution in [2.75, 3.05) is 13.1 Å². The molecule has 2 aliphatic carbocycles. The number of hydrogen-bond acceptors (Lipinski definition) is 5. The van der Waals surface area contributed by atoms with Crippen molar-refractivity contribution in [1.29, 1.82) is 0 Å². The summed E-state index contributed by atoms with van der Waals surface area (Å²) >= 11 is 0. The van der Waals surface area contributed by atoms with Gasteiger partial charge in [0, 0.05) is 31.8 Å². The third kappa shape index (κ3) is 7.61. The highest BCUT2D eigenvalue weighted by molar-refractivity contribution is 6.38. The Morgan fingerprint density at radius 1 is 1.07 bits per heavy atom. The van der Waals surface area contributed by atoms with Crippen LogP contribution in [0, 0.1) is 34.5 Å². The summed E-state index contributed by atoms with van der Waals surface area (Å²) in [7, 11) is 0. The van der Waals surface area contributed by atoms with Crippen molar-refractivity contribution in [3.8, 4) is 0 Å². The minimum atomic E-state index is -1.02. The van der Waals surface area contributed by atoms with Gasteiger partial charge in [0.1, 0.15) is 11.8 Å². The molecule has 0 radical (unpaired) electrons. The summed E-state index contributed by atoms with van der Waals surface area (Å²) in [6, 6.07) is -1.67. The number of piperidine rings is 1. The summed E-state index contributed by atoms with van der Waals surface area (Å²) < 4.78 is 0. The third-order valence-electron chi connectivity index (χ3n) is 9.44. The summed E-state index contributed by atoms with van der Waals surface area (Å²) in [6.07, 6.45) is 8.46. The van der Waals surface area contributed by atoms with Gasteiger partial charge in [-0.2, -0.15) is 0 Å². The second-order valence-electron chi connectivity index (χ2n) is 14.1. The molecular formula is C32H51N3O5. The van der Waals surface area contributed by atoms with Gasteiger partial charge in [0.05, 0.1) is 6.04 Å². The topological polar surface area (TPSA) is 113 Å². The van der Waals surface area contributed by atoms with Gasteiger partial charge in [0.2, 0.25) is 17.6 Å². The van der Waals surface area contributed by atoms with Crippen molar-refractivity contribution in [2.24, 2.45) is 34.5 Å². The molecule has 5 atom stereocenters. The molecule has 224 valence electrons. The first-order valence-corrected chi connectivity index (χ1v) is 15.2. The van der Waals surface area contributed by atoms with Crippen LogP contribution in [0.4, 0.5) is 0 Å². The van der Waals surface area contributed by atoms with Crippen molar-refractivity contribution in [2.45, 2.75) is 111 Å². The molecule has 2 N–H and O–H groups in total. The maximum absolute atomic E-state index is 13.8. The molecular weight excluding hydrogens is 506 g/mol. The van der Waals surface area contributed by atoms with E-state index in [-0.39, 0.29) is 65.6 Å². The number of Topliss-reactive ketones (excluding diaryl/α,β-unsaturated/α-hetero) is 2. The van der Waals surface area contributed by atoms with Gasteiger partial charge in [-0.15, -0.1) is 6.58 Å². The van der Waals surface area contributed by atoms with E-state index < -0.39 is 23.8 Å². The summed E-state index contributed by atoms with van der Waals surface area (Å²) in [4.78, 5) is 67.2. The molecule has 0 aromatic carbocycles. The first-order chi connectivity index (χ1) is 18.7. The fraction of sp³-hybridized carbons (Fsp3) is 0.781. The Labute approximate surface area is 240 Å². The number of hydrogen-bond donors (Lipinski definition) is 2. The average molecular weight is 558 g/mol. The molecule has 2 saturated carbocycles. The molecule has 0 aromatic heterocycles. The van der Waals surface area contributed by atoms with Gasteiger partial charge >= 0.3 is 0 Å². The van der Waals surface area contributed by atoms with Crippen LogP contribution in [-0.4, -0.2) is 59.4 Å². The smallest absolute Gasteiger partial charge is 0.289 e. The number of nitrogens with zero attached hydrogens (tertiary/aromatic N) is 1. The zero-order valence-electron chi connectivity index (χ0n) is 25.5. The average Bonchev–Trinajstić information content (AvgIpc) is 3.22. The van der Waals surface area contributed by atoms with E-state index in [0.29, 0.717) is 25.3 Å². The van der Waals surface area contributed by atoms with Gasteiger partial charge in [0.25, 0.3) is 5.91 Å². The number of ketones is 2. The molecule has 3 aliphatic rings.